The van der Waals surface area contributed by atoms with Gasteiger partial charge in [0, 0.05) is 31.0 Å². The summed E-state index contributed by atoms with van der Waals surface area (Å²) in [6.45, 7) is 0.212. The molecule has 2 heterocycles. The first-order valence-electron chi connectivity index (χ1n) is 10.0. The molecule has 178 valence electrons. The molecular weight excluding hydrogens is 458 g/mol. The summed E-state index contributed by atoms with van der Waals surface area (Å²) in [6.07, 6.45) is -3.50. The van der Waals surface area contributed by atoms with Crippen molar-refractivity contribution in [2.75, 3.05) is 0 Å². The number of rotatable bonds is 5. The summed E-state index contributed by atoms with van der Waals surface area (Å²) in [5.41, 5.74) is 0.731. The lowest BCUT2D eigenvalue weighted by Gasteiger charge is -2.42. The van der Waals surface area contributed by atoms with Gasteiger partial charge < -0.3 is 14.6 Å². The number of hydrogen-bond acceptors (Lipinski definition) is 5. The fraction of sp³-hybridized carbons (Fsp3) is 0.500. The predicted molar refractivity (Wildman–Crippen MR) is 99.7 cm³/mol. The second-order valence-corrected chi connectivity index (χ2v) is 8.11. The van der Waals surface area contributed by atoms with Gasteiger partial charge in [-0.15, -0.1) is 10.2 Å². The van der Waals surface area contributed by atoms with Crippen LogP contribution in [0.4, 0.5) is 26.3 Å². The summed E-state index contributed by atoms with van der Waals surface area (Å²) < 4.78 is 86.3. The number of halogens is 6. The molecule has 2 aliphatic rings. The molecular formula is C20H18F6N4O3. The average Bonchev–Trinajstić information content (AvgIpc) is 3.34. The molecule has 0 saturated heterocycles. The normalized spacial score (nSPS) is 22.5. The molecule has 1 fully saturated rings. The minimum absolute atomic E-state index is 0.0241. The van der Waals surface area contributed by atoms with Crippen molar-refractivity contribution in [1.82, 2.24) is 20.4 Å². The molecule has 1 aliphatic heterocycles. The number of hydrogen-bond donors (Lipinski definition) is 1. The molecule has 1 aliphatic carbocycles. The minimum atomic E-state index is -3.87. The number of benzene rings is 1. The highest BCUT2D eigenvalue weighted by atomic mass is 19.3. The van der Waals surface area contributed by atoms with E-state index in [0.717, 1.165) is 4.90 Å². The molecule has 0 unspecified atom stereocenters. The largest absolute Gasteiger partial charge is 0.415 e. The van der Waals surface area contributed by atoms with Crippen LogP contribution in [-0.2, 0) is 11.3 Å². The zero-order chi connectivity index (χ0) is 24.1. The molecule has 0 spiro atoms. The van der Waals surface area contributed by atoms with Gasteiger partial charge in [-0.1, -0.05) is 6.07 Å². The topological polar surface area (TPSA) is 88.3 Å². The molecule has 4 rings (SSSR count). The fourth-order valence-electron chi connectivity index (χ4n) is 4.12. The van der Waals surface area contributed by atoms with Crippen LogP contribution in [0.15, 0.2) is 22.6 Å². The number of carbonyl (C=O) groups excluding carboxylic acids is 2. The molecule has 2 atom stereocenters. The van der Waals surface area contributed by atoms with Gasteiger partial charge in [-0.2, -0.15) is 17.6 Å². The number of fused-ring (bicyclic) bond motifs is 1. The number of nitrogens with zero attached hydrogens (tertiary/aromatic N) is 3. The van der Waals surface area contributed by atoms with Gasteiger partial charge in [0.2, 0.25) is 5.89 Å². The second kappa shape index (κ2) is 8.03. The first kappa shape index (κ1) is 23.1. The SMILES string of the molecule is CC(F)(F)C(=O)N[C@H]1[C@H](N2Cc3ccc(-c4nnc(C(F)F)o4)cc3C2=O)CCCC1(F)F. The fourth-order valence-corrected chi connectivity index (χ4v) is 4.12. The van der Waals surface area contributed by atoms with E-state index >= 15 is 0 Å². The van der Waals surface area contributed by atoms with Gasteiger partial charge in [0.05, 0.1) is 6.04 Å². The molecule has 33 heavy (non-hydrogen) atoms. The number of aromatic nitrogens is 2. The molecule has 2 amide bonds. The van der Waals surface area contributed by atoms with Crippen LogP contribution in [0, 0.1) is 0 Å². The van der Waals surface area contributed by atoms with Crippen LogP contribution >= 0.6 is 0 Å². The predicted octanol–water partition coefficient (Wildman–Crippen LogP) is 3.96. The second-order valence-electron chi connectivity index (χ2n) is 8.11. The Kier molecular flexibility index (Phi) is 5.61. The van der Waals surface area contributed by atoms with Crippen LogP contribution in [0.25, 0.3) is 11.5 Å². The summed E-state index contributed by atoms with van der Waals surface area (Å²) >= 11 is 0. The van der Waals surface area contributed by atoms with Gasteiger partial charge >= 0.3 is 12.3 Å². The summed E-state index contributed by atoms with van der Waals surface area (Å²) in [7, 11) is 0. The minimum Gasteiger partial charge on any atom is -0.415 e. The Bertz CT molecular complexity index is 1080. The molecule has 1 aromatic carbocycles. The lowest BCUT2D eigenvalue weighted by atomic mass is 9.85. The highest BCUT2D eigenvalue weighted by Crippen LogP contribution is 2.40. The van der Waals surface area contributed by atoms with Crippen LogP contribution in [0.5, 0.6) is 0 Å². The van der Waals surface area contributed by atoms with Gasteiger partial charge in [-0.3, -0.25) is 9.59 Å². The summed E-state index contributed by atoms with van der Waals surface area (Å²) in [5, 5.41) is 8.47. The van der Waals surface area contributed by atoms with Crippen molar-refractivity contribution >= 4 is 11.8 Å². The third kappa shape index (κ3) is 4.27. The highest BCUT2D eigenvalue weighted by molar-refractivity contribution is 5.99. The van der Waals surface area contributed by atoms with Gasteiger partial charge in [-0.05, 0) is 30.5 Å². The number of carbonyl (C=O) groups is 2. The summed E-state index contributed by atoms with van der Waals surface area (Å²) in [6, 6.07) is 1.04. The maximum atomic E-state index is 14.6. The Hall–Kier alpha value is -3.12. The maximum absolute atomic E-state index is 14.6. The zero-order valence-electron chi connectivity index (χ0n) is 17.1. The van der Waals surface area contributed by atoms with E-state index in [-0.39, 0.29) is 36.4 Å². The molecule has 7 nitrogen and oxygen atoms in total. The molecule has 0 bridgehead atoms. The van der Waals surface area contributed by atoms with Crippen molar-refractivity contribution in [3.05, 3.63) is 35.2 Å². The monoisotopic (exact) mass is 476 g/mol. The molecule has 1 aromatic heterocycles. The Morgan fingerprint density at radius 1 is 1.30 bits per heavy atom. The van der Waals surface area contributed by atoms with Crippen molar-refractivity contribution < 1.29 is 40.3 Å². The van der Waals surface area contributed by atoms with Crippen molar-refractivity contribution in [2.24, 2.45) is 0 Å². The Labute approximate surface area is 183 Å². The van der Waals surface area contributed by atoms with Crippen molar-refractivity contribution in [2.45, 2.75) is 63.1 Å². The lowest BCUT2D eigenvalue weighted by Crippen LogP contribution is -2.63. The van der Waals surface area contributed by atoms with E-state index in [1.165, 1.54) is 18.2 Å². The first-order valence-corrected chi connectivity index (χ1v) is 10.0. The van der Waals surface area contributed by atoms with E-state index in [9.17, 15) is 35.9 Å². The highest BCUT2D eigenvalue weighted by Gasteiger charge is 2.53. The quantitative estimate of drug-likeness (QED) is 0.661. The van der Waals surface area contributed by atoms with Crippen LogP contribution < -0.4 is 5.32 Å². The van der Waals surface area contributed by atoms with Gasteiger partial charge in [0.1, 0.15) is 6.04 Å². The third-order valence-corrected chi connectivity index (χ3v) is 5.75. The average molecular weight is 476 g/mol. The van der Waals surface area contributed by atoms with Crippen molar-refractivity contribution in [3.63, 3.8) is 0 Å². The van der Waals surface area contributed by atoms with Gasteiger partial charge in [0.25, 0.3) is 23.6 Å². The van der Waals surface area contributed by atoms with E-state index in [4.69, 9.17) is 4.42 Å². The summed E-state index contributed by atoms with van der Waals surface area (Å²) in [4.78, 5) is 25.9. The smallest absolute Gasteiger partial charge is 0.321 e. The van der Waals surface area contributed by atoms with E-state index in [1.807, 2.05) is 0 Å². The van der Waals surface area contributed by atoms with Crippen molar-refractivity contribution in [3.8, 4) is 11.5 Å². The van der Waals surface area contributed by atoms with Gasteiger partial charge in [0.15, 0.2) is 0 Å². The standard InChI is InChI=1S/C20H18F6N4O3/c1-19(23,24)18(32)27-13-12(3-2-6-20(13,25)26)30-8-10-5-4-9(7-11(10)17(30)31)15-28-29-16(33-15)14(21)22/h4-5,7,12-14H,2-3,6,8H2,1H3,(H,27,32)/t12-,13+/m1/s1. The summed E-state index contributed by atoms with van der Waals surface area (Å²) in [5.74, 6) is -11.0. The van der Waals surface area contributed by atoms with Crippen LogP contribution in [0.3, 0.4) is 0 Å². The van der Waals surface area contributed by atoms with Gasteiger partial charge in [-0.25, -0.2) is 8.78 Å². The third-order valence-electron chi connectivity index (χ3n) is 5.75. The molecule has 13 heteroatoms. The lowest BCUT2D eigenvalue weighted by molar-refractivity contribution is -0.151. The van der Waals surface area contributed by atoms with Crippen LogP contribution in [0.2, 0.25) is 0 Å². The first-order chi connectivity index (χ1) is 15.4. The Morgan fingerprint density at radius 2 is 2.03 bits per heavy atom. The van der Waals surface area contributed by atoms with Crippen molar-refractivity contribution in [1.29, 1.82) is 0 Å². The van der Waals surface area contributed by atoms with E-state index in [1.54, 1.807) is 5.32 Å². The van der Waals surface area contributed by atoms with E-state index in [0.29, 0.717) is 12.5 Å². The van der Waals surface area contributed by atoms with E-state index in [2.05, 4.69) is 10.2 Å². The Morgan fingerprint density at radius 3 is 2.67 bits per heavy atom. The maximum Gasteiger partial charge on any atom is 0.321 e. The van der Waals surface area contributed by atoms with Crippen LogP contribution in [0.1, 0.15) is 54.4 Å². The number of nitrogens with one attached hydrogen (secondary N) is 1. The van der Waals surface area contributed by atoms with Crippen LogP contribution in [-0.4, -0.2) is 50.8 Å². The molecule has 1 saturated carbocycles. The van der Waals surface area contributed by atoms with E-state index < -0.39 is 54.5 Å². The molecule has 0 radical (unpaired) electrons. The zero-order valence-corrected chi connectivity index (χ0v) is 17.1. The molecule has 2 aromatic rings. The molecule has 1 N–H and O–H groups in total. The number of alkyl halides is 6. The number of amides is 2. The Balaban J connectivity index is 1.61.